The molecular weight excluding hydrogens is 563 g/mol. The number of pyridine rings is 1. The van der Waals surface area contributed by atoms with E-state index in [9.17, 15) is 4.79 Å². The summed E-state index contributed by atoms with van der Waals surface area (Å²) in [5.41, 5.74) is 0. The van der Waals surface area contributed by atoms with Crippen molar-refractivity contribution in [3.63, 3.8) is 0 Å². The van der Waals surface area contributed by atoms with Gasteiger partial charge < -0.3 is 28.4 Å². The first kappa shape index (κ1) is 33.9. The lowest BCUT2D eigenvalue weighted by atomic mass is 10.5. The van der Waals surface area contributed by atoms with Crippen LogP contribution in [0.1, 0.15) is 13.8 Å². The SMILES string of the molecule is CCSC(=S)SC(C)C(=O)OCCOCCOCCOCCOCCOCCSSc1ccccn1. The van der Waals surface area contributed by atoms with Gasteiger partial charge in [0.25, 0.3) is 0 Å². The molecule has 0 N–H and O–H groups in total. The van der Waals surface area contributed by atoms with Crippen molar-refractivity contribution < 1.29 is 33.2 Å². The maximum atomic E-state index is 11.9. The van der Waals surface area contributed by atoms with Gasteiger partial charge in [-0.05, 0) is 35.6 Å². The summed E-state index contributed by atoms with van der Waals surface area (Å²) in [5.74, 6) is 1.52. The topological polar surface area (TPSA) is 85.3 Å². The van der Waals surface area contributed by atoms with Gasteiger partial charge in [0.1, 0.15) is 20.4 Å². The number of ether oxygens (including phenoxy) is 6. The van der Waals surface area contributed by atoms with Crippen molar-refractivity contribution in [1.29, 1.82) is 0 Å². The largest absolute Gasteiger partial charge is 0.462 e. The molecule has 0 saturated carbocycles. The predicted molar refractivity (Wildman–Crippen MR) is 155 cm³/mol. The molecule has 13 heteroatoms. The van der Waals surface area contributed by atoms with Crippen LogP contribution in [0.15, 0.2) is 29.4 Å². The minimum atomic E-state index is -0.310. The summed E-state index contributed by atoms with van der Waals surface area (Å²) in [5, 5.41) is 0.697. The number of aromatic nitrogens is 1. The van der Waals surface area contributed by atoms with E-state index < -0.39 is 0 Å². The first-order valence-electron chi connectivity index (χ1n) is 11.7. The number of rotatable bonds is 23. The van der Waals surface area contributed by atoms with Crippen LogP contribution < -0.4 is 0 Å². The van der Waals surface area contributed by atoms with E-state index in [0.29, 0.717) is 66.1 Å². The predicted octanol–water partition coefficient (Wildman–Crippen LogP) is 4.61. The number of hydrogen-bond donors (Lipinski definition) is 0. The van der Waals surface area contributed by atoms with Crippen LogP contribution in [0.2, 0.25) is 0 Å². The molecule has 0 aliphatic rings. The number of hydrogen-bond acceptors (Lipinski definition) is 13. The summed E-state index contributed by atoms with van der Waals surface area (Å²) in [7, 11) is 3.38. The fourth-order valence-electron chi connectivity index (χ4n) is 2.24. The Balaban J connectivity index is 1.74. The molecule has 0 saturated heterocycles. The van der Waals surface area contributed by atoms with Crippen LogP contribution in [0.4, 0.5) is 0 Å². The zero-order valence-electron chi connectivity index (χ0n) is 20.9. The molecule has 0 spiro atoms. The van der Waals surface area contributed by atoms with Gasteiger partial charge in [0, 0.05) is 11.9 Å². The maximum Gasteiger partial charge on any atom is 0.319 e. The number of carbonyl (C=O) groups is 1. The van der Waals surface area contributed by atoms with E-state index in [1.165, 1.54) is 11.8 Å². The molecule has 0 aromatic carbocycles. The van der Waals surface area contributed by atoms with Crippen LogP contribution in [0.3, 0.4) is 0 Å². The second kappa shape index (κ2) is 25.2. The smallest absolute Gasteiger partial charge is 0.319 e. The van der Waals surface area contributed by atoms with Crippen molar-refractivity contribution in [2.24, 2.45) is 0 Å². The average molecular weight is 600 g/mol. The third-order valence-electron chi connectivity index (χ3n) is 3.92. The maximum absolute atomic E-state index is 11.9. The van der Waals surface area contributed by atoms with Crippen molar-refractivity contribution in [2.45, 2.75) is 24.1 Å². The Morgan fingerprint density at radius 3 is 1.97 bits per heavy atom. The number of thioether (sulfide) groups is 2. The Kier molecular flexibility index (Phi) is 23.8. The lowest BCUT2D eigenvalue weighted by Gasteiger charge is -2.11. The summed E-state index contributed by atoms with van der Waals surface area (Å²) >= 11 is 8.09. The normalized spacial score (nSPS) is 11.9. The van der Waals surface area contributed by atoms with E-state index in [1.54, 1.807) is 46.5 Å². The van der Waals surface area contributed by atoms with Gasteiger partial charge in [0.2, 0.25) is 0 Å². The molecule has 36 heavy (non-hydrogen) atoms. The molecule has 1 heterocycles. The molecule has 1 rings (SSSR count). The van der Waals surface area contributed by atoms with E-state index in [-0.39, 0.29) is 17.8 Å². The van der Waals surface area contributed by atoms with E-state index in [2.05, 4.69) is 4.98 Å². The Bertz CT molecular complexity index is 676. The summed E-state index contributed by atoms with van der Waals surface area (Å²) < 4.78 is 33.3. The number of carbonyl (C=O) groups excluding carboxylic acids is 1. The average Bonchev–Trinajstić information content (AvgIpc) is 2.88. The summed E-state index contributed by atoms with van der Waals surface area (Å²) in [6.07, 6.45) is 1.79. The molecule has 206 valence electrons. The number of esters is 1. The molecule has 8 nitrogen and oxygen atoms in total. The van der Waals surface area contributed by atoms with E-state index in [4.69, 9.17) is 40.6 Å². The molecule has 1 atom stereocenters. The van der Waals surface area contributed by atoms with Gasteiger partial charge in [-0.1, -0.05) is 47.8 Å². The van der Waals surface area contributed by atoms with Crippen LogP contribution in [-0.2, 0) is 33.2 Å². The highest BCUT2D eigenvalue weighted by molar-refractivity contribution is 8.76. The first-order chi connectivity index (χ1) is 17.6. The van der Waals surface area contributed by atoms with Gasteiger partial charge in [-0.3, -0.25) is 4.79 Å². The minimum absolute atomic E-state index is 0.218. The molecule has 1 aromatic rings. The highest BCUT2D eigenvalue weighted by atomic mass is 33.1. The summed E-state index contributed by atoms with van der Waals surface area (Å²) in [4.78, 5) is 16.1. The van der Waals surface area contributed by atoms with Crippen LogP contribution >= 0.6 is 57.3 Å². The highest BCUT2D eigenvalue weighted by Crippen LogP contribution is 2.28. The molecule has 0 fully saturated rings. The van der Waals surface area contributed by atoms with Crippen molar-refractivity contribution in [3.05, 3.63) is 24.4 Å². The van der Waals surface area contributed by atoms with Crippen molar-refractivity contribution in [2.75, 3.05) is 84.2 Å². The van der Waals surface area contributed by atoms with Crippen molar-refractivity contribution in [1.82, 2.24) is 4.98 Å². The lowest BCUT2D eigenvalue weighted by Crippen LogP contribution is -2.20. The van der Waals surface area contributed by atoms with Crippen LogP contribution in [0, 0.1) is 0 Å². The minimum Gasteiger partial charge on any atom is -0.462 e. The number of thiocarbonyl (C=S) groups is 1. The first-order valence-corrected chi connectivity index (χ1v) is 16.3. The molecule has 0 radical (unpaired) electrons. The molecule has 0 bridgehead atoms. The van der Waals surface area contributed by atoms with Crippen molar-refractivity contribution in [3.8, 4) is 0 Å². The Morgan fingerprint density at radius 2 is 1.44 bits per heavy atom. The molecular formula is C23H37NO7S5. The molecule has 1 aromatic heterocycles. The second-order valence-corrected chi connectivity index (χ2v) is 13.0. The Morgan fingerprint density at radius 1 is 0.889 bits per heavy atom. The van der Waals surface area contributed by atoms with Gasteiger partial charge in [0.05, 0.1) is 66.1 Å². The van der Waals surface area contributed by atoms with Crippen molar-refractivity contribution >= 4 is 66.8 Å². The fraction of sp³-hybridized carbons (Fsp3) is 0.696. The van der Waals surface area contributed by atoms with Crippen LogP contribution in [0.25, 0.3) is 0 Å². The third kappa shape index (κ3) is 20.9. The Labute approximate surface area is 236 Å². The Hall–Kier alpha value is -0.0900. The zero-order chi connectivity index (χ0) is 26.1. The molecule has 1 unspecified atom stereocenters. The van der Waals surface area contributed by atoms with Gasteiger partial charge in [-0.15, -0.1) is 11.8 Å². The number of nitrogens with zero attached hydrogens (tertiary/aromatic N) is 1. The lowest BCUT2D eigenvalue weighted by molar-refractivity contribution is -0.144. The van der Waals surface area contributed by atoms with Crippen LogP contribution in [-0.4, -0.2) is 104 Å². The third-order valence-corrected chi connectivity index (χ3v) is 8.70. The summed E-state index contributed by atoms with van der Waals surface area (Å²) in [6.45, 7) is 9.08. The highest BCUT2D eigenvalue weighted by Gasteiger charge is 2.17. The standard InChI is InChI=1S/C23H37NO7S5/c1-3-33-23(32)35-20(2)22(25)31-17-16-29-13-12-27-9-8-26-10-11-28-14-15-30-18-19-34-36-21-6-4-5-7-24-21/h4-7,20H,3,8-19H2,1-2H3. The zero-order valence-corrected chi connectivity index (χ0v) is 25.0. The van der Waals surface area contributed by atoms with E-state index >= 15 is 0 Å². The molecule has 0 amide bonds. The van der Waals surface area contributed by atoms with E-state index in [0.717, 1.165) is 20.1 Å². The summed E-state index contributed by atoms with van der Waals surface area (Å²) in [6, 6.07) is 5.88. The molecule has 0 aliphatic heterocycles. The van der Waals surface area contributed by atoms with Gasteiger partial charge in [0.15, 0.2) is 0 Å². The second-order valence-electron chi connectivity index (χ2n) is 6.75. The monoisotopic (exact) mass is 599 g/mol. The van der Waals surface area contributed by atoms with Gasteiger partial charge in [-0.2, -0.15) is 0 Å². The fourth-order valence-corrected chi connectivity index (χ4v) is 6.51. The quantitative estimate of drug-likeness (QED) is 0.0760. The van der Waals surface area contributed by atoms with Crippen LogP contribution in [0.5, 0.6) is 0 Å². The van der Waals surface area contributed by atoms with E-state index in [1.807, 2.05) is 25.1 Å². The molecule has 0 aliphatic carbocycles. The van der Waals surface area contributed by atoms with Gasteiger partial charge in [-0.25, -0.2) is 4.98 Å². The van der Waals surface area contributed by atoms with Gasteiger partial charge >= 0.3 is 5.97 Å².